The largest absolute Gasteiger partial charge is 0.504 e. The molecule has 6 atom stereocenters. The van der Waals surface area contributed by atoms with Crippen molar-refractivity contribution in [1.29, 1.82) is 0 Å². The van der Waals surface area contributed by atoms with Crippen LogP contribution in [0, 0.1) is 13.8 Å². The van der Waals surface area contributed by atoms with Gasteiger partial charge in [0.2, 0.25) is 12.6 Å². The summed E-state index contributed by atoms with van der Waals surface area (Å²) in [6.07, 6.45) is -0.621. The van der Waals surface area contributed by atoms with Crippen LogP contribution in [0.3, 0.4) is 0 Å². The zero-order valence-electron chi connectivity index (χ0n) is 23.4. The second kappa shape index (κ2) is 9.76. The molecule has 0 amide bonds. The number of ether oxygens (including phenoxy) is 5. The van der Waals surface area contributed by atoms with Gasteiger partial charge in [-0.25, -0.2) is 4.79 Å². The second-order valence-corrected chi connectivity index (χ2v) is 12.3. The molecule has 0 spiro atoms. The summed E-state index contributed by atoms with van der Waals surface area (Å²) in [5.74, 6) is -0.942. The Kier molecular flexibility index (Phi) is 6.35. The number of nitrogens with one attached hydrogen (secondary N) is 1. The lowest BCUT2D eigenvalue weighted by molar-refractivity contribution is -0.162. The van der Waals surface area contributed by atoms with Crippen molar-refractivity contribution in [3.63, 3.8) is 0 Å². The van der Waals surface area contributed by atoms with E-state index in [-0.39, 0.29) is 30.7 Å². The highest BCUT2D eigenvalue weighted by Gasteiger charge is 2.58. The van der Waals surface area contributed by atoms with Gasteiger partial charge >= 0.3 is 11.9 Å². The lowest BCUT2D eigenvalue weighted by atomic mass is 9.74. The maximum absolute atomic E-state index is 12.8. The van der Waals surface area contributed by atoms with Crippen molar-refractivity contribution < 1.29 is 48.3 Å². The Morgan fingerprint density at radius 3 is 2.62 bits per heavy atom. The van der Waals surface area contributed by atoms with Crippen molar-refractivity contribution in [2.75, 3.05) is 26.3 Å². The van der Waals surface area contributed by atoms with Crippen LogP contribution < -0.4 is 24.3 Å². The number of benzene rings is 2. The van der Waals surface area contributed by atoms with Crippen LogP contribution in [0.25, 0.3) is 0 Å². The molecule has 42 heavy (non-hydrogen) atoms. The van der Waals surface area contributed by atoms with Crippen LogP contribution in [-0.4, -0.2) is 77.4 Å². The zero-order valence-corrected chi connectivity index (χ0v) is 24.2. The van der Waals surface area contributed by atoms with E-state index in [0.29, 0.717) is 45.9 Å². The highest BCUT2D eigenvalue weighted by molar-refractivity contribution is 8.00. The van der Waals surface area contributed by atoms with E-state index in [2.05, 4.69) is 5.32 Å². The molecule has 3 N–H and O–H groups in total. The van der Waals surface area contributed by atoms with Crippen molar-refractivity contribution in [2.24, 2.45) is 0 Å². The first-order chi connectivity index (χ1) is 20.1. The number of Topliss-reactive ketones (excluding diaryl/α,β-unsaturated/α-hetero) is 1. The number of fused-ring (bicyclic) bond motifs is 9. The number of methoxy groups -OCH3 is 1. The van der Waals surface area contributed by atoms with E-state index in [9.17, 15) is 24.6 Å². The molecule has 13 heteroatoms. The number of hydrogen-bond donors (Lipinski definition) is 3. The van der Waals surface area contributed by atoms with Gasteiger partial charge in [0, 0.05) is 35.2 Å². The fourth-order valence-corrected chi connectivity index (χ4v) is 8.66. The first-order valence-electron chi connectivity index (χ1n) is 13.7. The van der Waals surface area contributed by atoms with E-state index in [1.807, 2.05) is 17.9 Å². The van der Waals surface area contributed by atoms with Gasteiger partial charge in [0.25, 0.3) is 0 Å². The van der Waals surface area contributed by atoms with Crippen molar-refractivity contribution >= 4 is 29.5 Å². The number of hydrogen-bond acceptors (Lipinski definition) is 13. The highest BCUT2D eigenvalue weighted by atomic mass is 32.2. The quantitative estimate of drug-likeness (QED) is 0.262. The summed E-state index contributed by atoms with van der Waals surface area (Å²) < 4.78 is 28.7. The molecule has 2 aromatic carbocycles. The minimum Gasteiger partial charge on any atom is -0.504 e. The van der Waals surface area contributed by atoms with Crippen LogP contribution in [-0.2, 0) is 25.5 Å². The van der Waals surface area contributed by atoms with Gasteiger partial charge < -0.3 is 39.2 Å². The topological polar surface area (TPSA) is 153 Å². The molecule has 12 nitrogen and oxygen atoms in total. The minimum atomic E-state index is -1.05. The SMILES string of the molecule is COc1c(C)cc2c(c1O)C1NC(C2)[C@H](O)N2[C@H]1[C@@H]1SCC(=O)C(=O)OC[C@H]2c2c3c(c(C)c(OC(C)=O)c21)OCO3. The number of esters is 2. The lowest BCUT2D eigenvalue weighted by Crippen LogP contribution is -2.69. The predicted octanol–water partition coefficient (Wildman–Crippen LogP) is 1.88. The molecule has 222 valence electrons. The number of nitrogens with zero attached hydrogens (tertiary/aromatic N) is 1. The summed E-state index contributed by atoms with van der Waals surface area (Å²) in [6.45, 7) is 4.60. The predicted molar refractivity (Wildman–Crippen MR) is 147 cm³/mol. The fourth-order valence-electron chi connectivity index (χ4n) is 7.32. The van der Waals surface area contributed by atoms with Crippen molar-refractivity contribution in [3.05, 3.63) is 39.4 Å². The third kappa shape index (κ3) is 3.76. The van der Waals surface area contributed by atoms with E-state index >= 15 is 0 Å². The zero-order chi connectivity index (χ0) is 29.6. The number of aliphatic hydroxyl groups excluding tert-OH is 1. The third-order valence-corrected chi connectivity index (χ3v) is 10.2. The summed E-state index contributed by atoms with van der Waals surface area (Å²) in [5, 5.41) is 26.4. The number of rotatable bonds is 2. The van der Waals surface area contributed by atoms with E-state index in [1.54, 1.807) is 6.92 Å². The summed E-state index contributed by atoms with van der Waals surface area (Å²) >= 11 is 1.19. The van der Waals surface area contributed by atoms with Crippen LogP contribution in [0.5, 0.6) is 28.7 Å². The maximum atomic E-state index is 12.8. The van der Waals surface area contributed by atoms with Crippen LogP contribution in [0.15, 0.2) is 6.07 Å². The molecule has 0 radical (unpaired) electrons. The van der Waals surface area contributed by atoms with Gasteiger partial charge in [-0.2, -0.15) is 0 Å². The van der Waals surface area contributed by atoms with Gasteiger partial charge in [-0.3, -0.25) is 14.5 Å². The molecule has 0 aliphatic carbocycles. The van der Waals surface area contributed by atoms with Crippen molar-refractivity contribution in [3.8, 4) is 28.7 Å². The number of piperazine rings is 1. The number of thioether (sulfide) groups is 1. The number of carbonyl (C=O) groups is 3. The standard InChI is InChI=1S/C29H30N2O10S/c1-10-5-13-6-14-28(35)31-15-7-38-29(36)16(33)8-42-27(21(31)20(30-14)17(13)22(34)23(10)37-4)19-18(15)26-25(39-9-40-26)11(2)24(19)41-12(3)32/h5,14-15,20-21,27-28,30,34-35H,6-9H2,1-4H3/t14?,15-,20?,21+,27+,28-/m0/s1. The van der Waals surface area contributed by atoms with Gasteiger partial charge in [0.05, 0.1) is 36.2 Å². The average molecular weight is 599 g/mol. The van der Waals surface area contributed by atoms with Crippen molar-refractivity contribution in [2.45, 2.75) is 62.8 Å². The Bertz CT molecular complexity index is 1560. The van der Waals surface area contributed by atoms with E-state index in [0.717, 1.165) is 11.1 Å². The van der Waals surface area contributed by atoms with Crippen LogP contribution in [0.1, 0.15) is 57.6 Å². The molecule has 7 rings (SSSR count). The lowest BCUT2D eigenvalue weighted by Gasteiger charge is -2.59. The number of phenolic OH excluding ortho intramolecular Hbond substituents is 1. The number of aromatic hydroxyl groups is 1. The molecule has 2 saturated heterocycles. The molecule has 2 fully saturated rings. The van der Waals surface area contributed by atoms with Gasteiger partial charge in [-0.05, 0) is 31.4 Å². The molecule has 2 unspecified atom stereocenters. The monoisotopic (exact) mass is 598 g/mol. The second-order valence-electron chi connectivity index (χ2n) is 11.2. The smallest absolute Gasteiger partial charge is 0.375 e. The third-order valence-electron chi connectivity index (χ3n) is 8.87. The Morgan fingerprint density at radius 1 is 1.12 bits per heavy atom. The maximum Gasteiger partial charge on any atom is 0.375 e. The van der Waals surface area contributed by atoms with Gasteiger partial charge in [0.15, 0.2) is 23.0 Å². The first-order valence-corrected chi connectivity index (χ1v) is 14.7. The number of ketones is 1. The molecular formula is C29H30N2O10S. The van der Waals surface area contributed by atoms with Crippen LogP contribution in [0.2, 0.25) is 0 Å². The van der Waals surface area contributed by atoms with Crippen LogP contribution in [0.4, 0.5) is 0 Å². The Hall–Kier alpha value is -3.52. The number of aryl methyl sites for hydroxylation is 1. The summed E-state index contributed by atoms with van der Waals surface area (Å²) in [7, 11) is 1.50. The molecule has 5 heterocycles. The molecule has 0 aromatic heterocycles. The minimum absolute atomic E-state index is 0.00237. The molecule has 5 aliphatic heterocycles. The van der Waals surface area contributed by atoms with Crippen molar-refractivity contribution in [1.82, 2.24) is 10.2 Å². The van der Waals surface area contributed by atoms with Gasteiger partial charge in [-0.15, -0.1) is 11.8 Å². The Morgan fingerprint density at radius 2 is 1.88 bits per heavy atom. The molecule has 5 aliphatic rings. The summed E-state index contributed by atoms with van der Waals surface area (Å²) in [4.78, 5) is 39.7. The molecule has 2 aromatic rings. The highest BCUT2D eigenvalue weighted by Crippen LogP contribution is 2.62. The number of aliphatic hydroxyl groups is 1. The summed E-state index contributed by atoms with van der Waals surface area (Å²) in [6, 6.07) is -0.375. The van der Waals surface area contributed by atoms with E-state index in [1.165, 1.54) is 25.8 Å². The molecule has 4 bridgehead atoms. The number of phenols is 1. The first kappa shape index (κ1) is 27.3. The number of cyclic esters (lactones) is 1. The average Bonchev–Trinajstić information content (AvgIpc) is 3.44. The Balaban J connectivity index is 1.53. The molecular weight excluding hydrogens is 568 g/mol. The fraction of sp³-hybridized carbons (Fsp3) is 0.483. The van der Waals surface area contributed by atoms with E-state index in [4.69, 9.17) is 23.7 Å². The van der Waals surface area contributed by atoms with E-state index < -0.39 is 53.4 Å². The normalized spacial score (nSPS) is 29.3. The Labute approximate surface area is 245 Å². The van der Waals surface area contributed by atoms with Gasteiger partial charge in [-0.1, -0.05) is 6.07 Å². The van der Waals surface area contributed by atoms with Gasteiger partial charge in [0.1, 0.15) is 18.6 Å². The molecule has 0 saturated carbocycles. The number of carbonyl (C=O) groups excluding carboxylic acids is 3. The van der Waals surface area contributed by atoms with Crippen LogP contribution >= 0.6 is 11.8 Å². The summed E-state index contributed by atoms with van der Waals surface area (Å²) in [5.41, 5.74) is 4.01.